The van der Waals surface area contributed by atoms with Crippen LogP contribution in [0.1, 0.15) is 37.7 Å². The average molecular weight is 332 g/mol. The molecule has 2 fully saturated rings. The second-order valence-corrected chi connectivity index (χ2v) is 7.03. The lowest BCUT2D eigenvalue weighted by atomic mass is 9.95. The van der Waals surface area contributed by atoms with Gasteiger partial charge in [0.15, 0.2) is 0 Å². The summed E-state index contributed by atoms with van der Waals surface area (Å²) in [5, 5.41) is 10.9. The van der Waals surface area contributed by atoms with E-state index in [0.29, 0.717) is 5.91 Å². The van der Waals surface area contributed by atoms with Crippen molar-refractivity contribution < 1.29 is 14.6 Å². The highest BCUT2D eigenvalue weighted by atomic mass is 16.6. The Morgan fingerprint density at radius 2 is 2.04 bits per heavy atom. The highest BCUT2D eigenvalue weighted by Crippen LogP contribution is 2.17. The molecule has 0 radical (unpaired) electrons. The van der Waals surface area contributed by atoms with Crippen molar-refractivity contribution >= 4 is 11.6 Å². The average Bonchev–Trinajstić information content (AvgIpc) is 2.62. The second kappa shape index (κ2) is 7.75. The molecule has 1 aromatic carbocycles. The smallest absolute Gasteiger partial charge is 0.269 e. The molecule has 2 aliphatic rings. The van der Waals surface area contributed by atoms with Crippen LogP contribution in [0.2, 0.25) is 0 Å². The molecule has 0 spiro atoms. The number of nitrogens with one attached hydrogen (secondary N) is 1. The fourth-order valence-electron chi connectivity index (χ4n) is 3.96. The molecule has 0 bridgehead atoms. The molecule has 3 rings (SSSR count). The first-order chi connectivity index (χ1) is 11.6. The van der Waals surface area contributed by atoms with Gasteiger partial charge >= 0.3 is 0 Å². The molecule has 1 N–H and O–H groups in total. The van der Waals surface area contributed by atoms with Gasteiger partial charge in [-0.25, -0.2) is 0 Å². The number of quaternary nitrogens is 1. The quantitative estimate of drug-likeness (QED) is 0.669. The van der Waals surface area contributed by atoms with E-state index < -0.39 is 0 Å². The number of non-ortho nitro benzene ring substituents is 1. The third-order valence-corrected chi connectivity index (χ3v) is 5.21. The summed E-state index contributed by atoms with van der Waals surface area (Å²) in [7, 11) is 0. The Labute approximate surface area is 142 Å². The minimum Gasteiger partial charge on any atom is -0.342 e. The fraction of sp³-hybridized carbons (Fsp3) is 0.611. The van der Waals surface area contributed by atoms with Gasteiger partial charge in [0.05, 0.1) is 23.9 Å². The molecule has 1 aromatic rings. The molecule has 6 nitrogen and oxygen atoms in total. The zero-order valence-corrected chi connectivity index (χ0v) is 14.1. The van der Waals surface area contributed by atoms with Crippen LogP contribution in [0.5, 0.6) is 0 Å². The van der Waals surface area contributed by atoms with Gasteiger partial charge < -0.3 is 9.80 Å². The summed E-state index contributed by atoms with van der Waals surface area (Å²) in [4.78, 5) is 26.7. The standard InChI is InChI=1S/C18H25N3O3/c22-18(20-10-2-1-3-11-20)16-7-5-9-19(14-16)13-15-6-4-8-17(12-15)21(23)24/h4,6,8,12,16H,1-3,5,7,9-11,13-14H2/p+1/t16-/m1/s1. The second-order valence-electron chi connectivity index (χ2n) is 7.03. The monoisotopic (exact) mass is 332 g/mol. The molecular weight excluding hydrogens is 306 g/mol. The molecule has 2 saturated heterocycles. The van der Waals surface area contributed by atoms with Crippen LogP contribution in [-0.4, -0.2) is 41.9 Å². The molecule has 1 amide bonds. The van der Waals surface area contributed by atoms with Crippen LogP contribution in [-0.2, 0) is 11.3 Å². The highest BCUT2D eigenvalue weighted by Gasteiger charge is 2.32. The van der Waals surface area contributed by atoms with Gasteiger partial charge in [0.25, 0.3) is 5.69 Å². The van der Waals surface area contributed by atoms with Crippen molar-refractivity contribution in [2.45, 2.75) is 38.6 Å². The fourth-order valence-corrected chi connectivity index (χ4v) is 3.96. The Morgan fingerprint density at radius 1 is 1.25 bits per heavy atom. The maximum Gasteiger partial charge on any atom is 0.269 e. The van der Waals surface area contributed by atoms with Gasteiger partial charge in [0.1, 0.15) is 6.54 Å². The van der Waals surface area contributed by atoms with E-state index in [1.165, 1.54) is 17.4 Å². The molecule has 1 unspecified atom stereocenters. The number of rotatable bonds is 4. The van der Waals surface area contributed by atoms with Crippen LogP contribution in [0.4, 0.5) is 5.69 Å². The number of amides is 1. The molecule has 130 valence electrons. The van der Waals surface area contributed by atoms with Gasteiger partial charge in [-0.3, -0.25) is 14.9 Å². The van der Waals surface area contributed by atoms with Crippen LogP contribution in [0.3, 0.4) is 0 Å². The highest BCUT2D eigenvalue weighted by molar-refractivity contribution is 5.79. The van der Waals surface area contributed by atoms with Gasteiger partial charge in [-0.1, -0.05) is 12.1 Å². The van der Waals surface area contributed by atoms with Crippen LogP contribution in [0.15, 0.2) is 24.3 Å². The van der Waals surface area contributed by atoms with E-state index in [9.17, 15) is 14.9 Å². The van der Waals surface area contributed by atoms with E-state index in [0.717, 1.165) is 64.0 Å². The Bertz CT molecular complexity index is 599. The zero-order valence-electron chi connectivity index (χ0n) is 14.1. The summed E-state index contributed by atoms with van der Waals surface area (Å²) in [6.45, 7) is 4.46. The van der Waals surface area contributed by atoms with Gasteiger partial charge in [-0.15, -0.1) is 0 Å². The van der Waals surface area contributed by atoms with Gasteiger partial charge in [0.2, 0.25) is 5.91 Å². The number of likely N-dealkylation sites (tertiary alicyclic amines) is 2. The number of carbonyl (C=O) groups is 1. The molecule has 0 saturated carbocycles. The molecule has 2 aliphatic heterocycles. The minimum absolute atomic E-state index is 0.116. The third-order valence-electron chi connectivity index (χ3n) is 5.21. The molecule has 2 heterocycles. The van der Waals surface area contributed by atoms with E-state index >= 15 is 0 Å². The lowest BCUT2D eigenvalue weighted by molar-refractivity contribution is -0.921. The molecule has 2 atom stereocenters. The largest absolute Gasteiger partial charge is 0.342 e. The van der Waals surface area contributed by atoms with Gasteiger partial charge in [0, 0.05) is 30.8 Å². The Balaban J connectivity index is 1.60. The number of nitro groups is 1. The summed E-state index contributed by atoms with van der Waals surface area (Å²) < 4.78 is 0. The number of benzene rings is 1. The molecule has 0 aliphatic carbocycles. The van der Waals surface area contributed by atoms with Crippen molar-refractivity contribution in [1.82, 2.24) is 4.90 Å². The van der Waals surface area contributed by atoms with Crippen LogP contribution in [0.25, 0.3) is 0 Å². The molecular formula is C18H26N3O3+. The maximum atomic E-state index is 12.7. The zero-order chi connectivity index (χ0) is 16.9. The van der Waals surface area contributed by atoms with Gasteiger partial charge in [-0.05, 0) is 32.1 Å². The number of nitrogens with zero attached hydrogens (tertiary/aromatic N) is 2. The van der Waals surface area contributed by atoms with Crippen LogP contribution >= 0.6 is 0 Å². The Hall–Kier alpha value is -1.95. The summed E-state index contributed by atoms with van der Waals surface area (Å²) in [5.41, 5.74) is 1.12. The number of carbonyl (C=O) groups excluding carboxylic acids is 1. The molecule has 24 heavy (non-hydrogen) atoms. The van der Waals surface area contributed by atoms with Crippen LogP contribution < -0.4 is 4.90 Å². The van der Waals surface area contributed by atoms with Gasteiger partial charge in [-0.2, -0.15) is 0 Å². The first-order valence-corrected chi connectivity index (χ1v) is 8.99. The van der Waals surface area contributed by atoms with E-state index in [1.54, 1.807) is 12.1 Å². The lowest BCUT2D eigenvalue weighted by Crippen LogP contribution is -3.12. The number of piperidine rings is 2. The predicted octanol–water partition coefficient (Wildman–Crippen LogP) is 1.40. The van der Waals surface area contributed by atoms with Crippen molar-refractivity contribution in [2.24, 2.45) is 5.92 Å². The Morgan fingerprint density at radius 3 is 2.79 bits per heavy atom. The van der Waals surface area contributed by atoms with E-state index in [2.05, 4.69) is 0 Å². The molecule has 0 aromatic heterocycles. The van der Waals surface area contributed by atoms with Crippen molar-refractivity contribution in [1.29, 1.82) is 0 Å². The Kier molecular flexibility index (Phi) is 5.45. The normalized spacial score (nSPS) is 24.6. The van der Waals surface area contributed by atoms with Crippen molar-refractivity contribution in [3.8, 4) is 0 Å². The topological polar surface area (TPSA) is 67.9 Å². The van der Waals surface area contributed by atoms with Crippen molar-refractivity contribution in [2.75, 3.05) is 26.2 Å². The first kappa shape index (κ1) is 16.9. The predicted molar refractivity (Wildman–Crippen MR) is 90.7 cm³/mol. The van der Waals surface area contributed by atoms with Crippen molar-refractivity contribution in [3.63, 3.8) is 0 Å². The first-order valence-electron chi connectivity index (χ1n) is 8.99. The SMILES string of the molecule is O=C([C@@H]1CCC[NH+](Cc2cccc([N+](=O)[O-])c2)C1)N1CCCCC1. The third kappa shape index (κ3) is 4.12. The van der Waals surface area contributed by atoms with E-state index in [1.807, 2.05) is 11.0 Å². The van der Waals surface area contributed by atoms with Crippen molar-refractivity contribution in [3.05, 3.63) is 39.9 Å². The number of nitro benzene ring substituents is 1. The lowest BCUT2D eigenvalue weighted by Gasteiger charge is -2.34. The summed E-state index contributed by atoms with van der Waals surface area (Å²) in [6, 6.07) is 6.87. The number of hydrogen-bond acceptors (Lipinski definition) is 3. The molecule has 6 heteroatoms. The van der Waals surface area contributed by atoms with E-state index in [-0.39, 0.29) is 16.5 Å². The summed E-state index contributed by atoms with van der Waals surface area (Å²) in [5.74, 6) is 0.441. The van der Waals surface area contributed by atoms with Crippen LogP contribution in [0, 0.1) is 16.0 Å². The summed E-state index contributed by atoms with van der Waals surface area (Å²) >= 11 is 0. The summed E-state index contributed by atoms with van der Waals surface area (Å²) in [6.07, 6.45) is 5.52. The maximum absolute atomic E-state index is 12.7. The minimum atomic E-state index is -0.349. The van der Waals surface area contributed by atoms with E-state index in [4.69, 9.17) is 0 Å². The number of hydrogen-bond donors (Lipinski definition) is 1.